The molecule has 3 amide bonds. The molecule has 1 aliphatic heterocycles. The Balaban J connectivity index is 1.65. The summed E-state index contributed by atoms with van der Waals surface area (Å²) in [6.07, 6.45) is 0. The van der Waals surface area contributed by atoms with Crippen LogP contribution < -0.4 is 5.32 Å². The molecule has 6 nitrogen and oxygen atoms in total. The predicted octanol–water partition coefficient (Wildman–Crippen LogP) is 3.86. The number of nitrogens with one attached hydrogen (secondary N) is 1. The Morgan fingerprint density at radius 2 is 1.68 bits per heavy atom. The average molecular weight is 393 g/mol. The van der Waals surface area contributed by atoms with Crippen molar-refractivity contribution in [2.45, 2.75) is 26.8 Å². The molecular formula is C21H19N3O3S. The lowest BCUT2D eigenvalue weighted by atomic mass is 10.0. The fraction of sp³-hybridized carbons (Fsp3) is 0.238. The summed E-state index contributed by atoms with van der Waals surface area (Å²) in [5.74, 6) is -1.54. The van der Waals surface area contributed by atoms with Gasteiger partial charge in [-0.15, -0.1) is 0 Å². The zero-order valence-corrected chi connectivity index (χ0v) is 16.5. The van der Waals surface area contributed by atoms with Crippen LogP contribution in [0, 0.1) is 12.8 Å². The van der Waals surface area contributed by atoms with Crippen LogP contribution in [0.2, 0.25) is 0 Å². The quantitative estimate of drug-likeness (QED) is 0.683. The normalized spacial score (nSPS) is 14.6. The van der Waals surface area contributed by atoms with E-state index in [1.165, 1.54) is 11.3 Å². The Morgan fingerprint density at radius 1 is 1.04 bits per heavy atom. The van der Waals surface area contributed by atoms with Gasteiger partial charge in [-0.2, -0.15) is 0 Å². The molecule has 0 unspecified atom stereocenters. The van der Waals surface area contributed by atoms with Crippen molar-refractivity contribution < 1.29 is 14.4 Å². The van der Waals surface area contributed by atoms with Crippen LogP contribution >= 0.6 is 11.3 Å². The van der Waals surface area contributed by atoms with E-state index in [1.807, 2.05) is 39.0 Å². The molecule has 2 heterocycles. The van der Waals surface area contributed by atoms with Crippen molar-refractivity contribution in [2.24, 2.45) is 5.92 Å². The first kappa shape index (κ1) is 18.3. The van der Waals surface area contributed by atoms with E-state index in [-0.39, 0.29) is 5.92 Å². The number of nitrogens with zero attached hydrogens (tertiary/aromatic N) is 2. The number of carbonyl (C=O) groups excluding carboxylic acids is 3. The molecule has 142 valence electrons. The van der Waals surface area contributed by atoms with Crippen LogP contribution in [0.5, 0.6) is 0 Å². The number of anilines is 1. The molecule has 0 fully saturated rings. The fourth-order valence-electron chi connectivity index (χ4n) is 3.50. The van der Waals surface area contributed by atoms with Crippen LogP contribution in [-0.4, -0.2) is 33.6 Å². The number of benzene rings is 2. The number of para-hydroxylation sites is 1. The van der Waals surface area contributed by atoms with Crippen LogP contribution in [-0.2, 0) is 4.79 Å². The lowest BCUT2D eigenvalue weighted by Crippen LogP contribution is -2.50. The van der Waals surface area contributed by atoms with Crippen LogP contribution in [0.3, 0.4) is 0 Å². The van der Waals surface area contributed by atoms with E-state index in [0.29, 0.717) is 16.3 Å². The molecule has 3 aromatic rings. The molecular weight excluding hydrogens is 374 g/mol. The number of hydrogen-bond donors (Lipinski definition) is 1. The van der Waals surface area contributed by atoms with Gasteiger partial charge in [0.1, 0.15) is 6.04 Å². The summed E-state index contributed by atoms with van der Waals surface area (Å²) in [5, 5.41) is 3.26. The van der Waals surface area contributed by atoms with E-state index in [2.05, 4.69) is 10.3 Å². The van der Waals surface area contributed by atoms with E-state index < -0.39 is 23.8 Å². The number of amides is 3. The zero-order valence-electron chi connectivity index (χ0n) is 15.7. The van der Waals surface area contributed by atoms with E-state index >= 15 is 0 Å². The maximum Gasteiger partial charge on any atom is 0.262 e. The largest absolute Gasteiger partial charge is 0.300 e. The third kappa shape index (κ3) is 2.88. The molecule has 0 radical (unpaired) electrons. The second kappa shape index (κ2) is 6.83. The third-order valence-corrected chi connectivity index (χ3v) is 5.79. The monoisotopic (exact) mass is 393 g/mol. The minimum Gasteiger partial charge on any atom is -0.300 e. The molecule has 0 aliphatic carbocycles. The highest BCUT2D eigenvalue weighted by Crippen LogP contribution is 2.30. The van der Waals surface area contributed by atoms with Gasteiger partial charge >= 0.3 is 0 Å². The van der Waals surface area contributed by atoms with Crippen LogP contribution in [0.15, 0.2) is 42.5 Å². The van der Waals surface area contributed by atoms with Crippen molar-refractivity contribution in [3.8, 4) is 0 Å². The first-order chi connectivity index (χ1) is 13.4. The number of thiazole rings is 1. The lowest BCUT2D eigenvalue weighted by Gasteiger charge is -2.27. The summed E-state index contributed by atoms with van der Waals surface area (Å²) >= 11 is 1.37. The molecule has 1 aliphatic rings. The highest BCUT2D eigenvalue weighted by molar-refractivity contribution is 7.22. The summed E-state index contributed by atoms with van der Waals surface area (Å²) in [7, 11) is 0. The lowest BCUT2D eigenvalue weighted by molar-refractivity contribution is -0.121. The second-order valence-electron chi connectivity index (χ2n) is 7.14. The molecule has 2 aromatic carbocycles. The second-order valence-corrected chi connectivity index (χ2v) is 8.18. The van der Waals surface area contributed by atoms with Gasteiger partial charge in [0.2, 0.25) is 5.91 Å². The summed E-state index contributed by atoms with van der Waals surface area (Å²) in [5.41, 5.74) is 2.53. The van der Waals surface area contributed by atoms with Crippen LogP contribution in [0.4, 0.5) is 5.13 Å². The van der Waals surface area contributed by atoms with Gasteiger partial charge in [0.15, 0.2) is 5.13 Å². The first-order valence-corrected chi connectivity index (χ1v) is 9.84. The van der Waals surface area contributed by atoms with Gasteiger partial charge in [-0.1, -0.05) is 49.4 Å². The van der Waals surface area contributed by atoms with Crippen molar-refractivity contribution in [1.82, 2.24) is 9.88 Å². The predicted molar refractivity (Wildman–Crippen MR) is 109 cm³/mol. The van der Waals surface area contributed by atoms with Crippen molar-refractivity contribution in [2.75, 3.05) is 5.32 Å². The Morgan fingerprint density at radius 3 is 2.25 bits per heavy atom. The number of fused-ring (bicyclic) bond motifs is 2. The fourth-order valence-corrected chi connectivity index (χ4v) is 4.44. The van der Waals surface area contributed by atoms with Crippen molar-refractivity contribution in [3.63, 3.8) is 0 Å². The number of imide groups is 1. The Labute approximate surface area is 166 Å². The maximum atomic E-state index is 13.1. The number of rotatable bonds is 4. The average Bonchev–Trinajstić information content (AvgIpc) is 3.17. The number of hydrogen-bond acceptors (Lipinski definition) is 5. The van der Waals surface area contributed by atoms with Crippen LogP contribution in [0.25, 0.3) is 10.2 Å². The van der Waals surface area contributed by atoms with Gasteiger partial charge in [0.05, 0.1) is 21.3 Å². The highest BCUT2D eigenvalue weighted by atomic mass is 32.1. The highest BCUT2D eigenvalue weighted by Gasteiger charge is 2.44. The number of aryl methyl sites for hydroxylation is 1. The Bertz CT molecular complexity index is 1080. The van der Waals surface area contributed by atoms with Crippen molar-refractivity contribution in [1.29, 1.82) is 0 Å². The maximum absolute atomic E-state index is 13.1. The zero-order chi connectivity index (χ0) is 20.0. The molecule has 0 spiro atoms. The van der Waals surface area contributed by atoms with E-state index in [0.717, 1.165) is 20.7 Å². The summed E-state index contributed by atoms with van der Waals surface area (Å²) in [6.45, 7) is 5.59. The smallest absolute Gasteiger partial charge is 0.262 e. The van der Waals surface area contributed by atoms with Gasteiger partial charge in [0, 0.05) is 0 Å². The summed E-state index contributed by atoms with van der Waals surface area (Å²) < 4.78 is 0.970. The number of aromatic nitrogens is 1. The molecule has 1 N–H and O–H groups in total. The van der Waals surface area contributed by atoms with Gasteiger partial charge < -0.3 is 5.32 Å². The summed E-state index contributed by atoms with van der Waals surface area (Å²) in [6, 6.07) is 11.6. The molecule has 7 heteroatoms. The minimum absolute atomic E-state index is 0.252. The van der Waals surface area contributed by atoms with E-state index in [4.69, 9.17) is 0 Å². The molecule has 0 bridgehead atoms. The van der Waals surface area contributed by atoms with E-state index in [1.54, 1.807) is 24.3 Å². The van der Waals surface area contributed by atoms with Gasteiger partial charge in [-0.3, -0.25) is 19.3 Å². The van der Waals surface area contributed by atoms with E-state index in [9.17, 15) is 14.4 Å². The Kier molecular flexibility index (Phi) is 4.47. The van der Waals surface area contributed by atoms with Crippen molar-refractivity contribution in [3.05, 3.63) is 59.2 Å². The van der Waals surface area contributed by atoms with Crippen LogP contribution in [0.1, 0.15) is 40.1 Å². The van der Waals surface area contributed by atoms with Gasteiger partial charge in [-0.25, -0.2) is 4.98 Å². The first-order valence-electron chi connectivity index (χ1n) is 9.02. The standard InChI is InChI=1S/C21H19N3O3S/c1-11(2)17(24-19(26)13-8-4-5-9-14(13)20(24)27)18(25)23-21-22-16-12(3)7-6-10-15(16)28-21/h4-11,17H,1-3H3,(H,22,23,25)/t17-/m0/s1. The third-order valence-electron chi connectivity index (χ3n) is 4.85. The topological polar surface area (TPSA) is 79.4 Å². The molecule has 0 saturated carbocycles. The Hall–Kier alpha value is -3.06. The van der Waals surface area contributed by atoms with Gasteiger partial charge in [0.25, 0.3) is 11.8 Å². The molecule has 1 atom stereocenters. The molecule has 0 saturated heterocycles. The molecule has 4 rings (SSSR count). The minimum atomic E-state index is -0.916. The molecule has 28 heavy (non-hydrogen) atoms. The SMILES string of the molecule is Cc1cccc2sc(NC(=O)[C@H](C(C)C)N3C(=O)c4ccccc4C3=O)nc12. The van der Waals surface area contributed by atoms with Gasteiger partial charge in [-0.05, 0) is 36.6 Å². The number of carbonyl (C=O) groups is 3. The summed E-state index contributed by atoms with van der Waals surface area (Å²) in [4.78, 5) is 44.2. The van der Waals surface area contributed by atoms with Crippen molar-refractivity contribution >= 4 is 44.4 Å². The molecule has 1 aromatic heterocycles.